The van der Waals surface area contributed by atoms with Gasteiger partial charge in [0.05, 0.1) is 0 Å². The van der Waals surface area contributed by atoms with Crippen molar-refractivity contribution in [3.63, 3.8) is 0 Å². The van der Waals surface area contributed by atoms with Gasteiger partial charge in [0, 0.05) is 18.4 Å². The third-order valence-corrected chi connectivity index (χ3v) is 4.75. The number of carbonyl (C=O) groups is 1. The van der Waals surface area contributed by atoms with E-state index in [9.17, 15) is 4.79 Å². The van der Waals surface area contributed by atoms with Gasteiger partial charge in [0.25, 0.3) is 0 Å². The number of nitrogens with zero attached hydrogens (tertiary/aromatic N) is 1. The van der Waals surface area contributed by atoms with Gasteiger partial charge < -0.3 is 16.3 Å². The smallest absolute Gasteiger partial charge is 0.223 e. The van der Waals surface area contributed by atoms with Crippen LogP contribution in [0.1, 0.15) is 66.2 Å². The fraction of sp³-hybridized carbons (Fsp3) is 0.875. The monoisotopic (exact) mass is 297 g/mol. The van der Waals surface area contributed by atoms with Crippen molar-refractivity contribution in [1.82, 2.24) is 5.32 Å². The Labute approximate surface area is 128 Å². The molecule has 0 aromatic rings. The van der Waals surface area contributed by atoms with E-state index in [1.54, 1.807) is 0 Å². The van der Waals surface area contributed by atoms with Crippen LogP contribution in [0.4, 0.5) is 0 Å². The third-order valence-electron chi connectivity index (χ3n) is 4.75. The number of nitrogens with two attached hydrogens (primary N) is 1. The fourth-order valence-electron chi connectivity index (χ4n) is 3.13. The molecule has 0 aromatic heterocycles. The predicted molar refractivity (Wildman–Crippen MR) is 85.2 cm³/mol. The van der Waals surface area contributed by atoms with Gasteiger partial charge in [-0.2, -0.15) is 0 Å². The molecule has 1 saturated carbocycles. The van der Waals surface area contributed by atoms with Crippen LogP contribution in [0.15, 0.2) is 5.16 Å². The van der Waals surface area contributed by atoms with Gasteiger partial charge in [-0.25, -0.2) is 0 Å². The van der Waals surface area contributed by atoms with Crippen LogP contribution in [-0.4, -0.2) is 23.0 Å². The average Bonchev–Trinajstić information content (AvgIpc) is 2.45. The van der Waals surface area contributed by atoms with Crippen LogP contribution in [0.25, 0.3) is 0 Å². The molecule has 1 atom stereocenters. The molecule has 21 heavy (non-hydrogen) atoms. The number of nitrogens with one attached hydrogen (secondary N) is 1. The Hall–Kier alpha value is -1.26. The van der Waals surface area contributed by atoms with E-state index < -0.39 is 0 Å². The summed E-state index contributed by atoms with van der Waals surface area (Å²) in [5.74, 6) is 1.11. The molecule has 0 spiro atoms. The van der Waals surface area contributed by atoms with E-state index in [4.69, 9.17) is 10.9 Å². The van der Waals surface area contributed by atoms with E-state index in [1.807, 2.05) is 6.92 Å². The lowest BCUT2D eigenvalue weighted by atomic mass is 9.69. The third kappa shape index (κ3) is 5.56. The molecule has 0 radical (unpaired) electrons. The number of hydrogen-bond acceptors (Lipinski definition) is 3. The molecule has 1 aliphatic rings. The summed E-state index contributed by atoms with van der Waals surface area (Å²) in [6, 6.07) is -0.0475. The molecule has 122 valence electrons. The van der Waals surface area contributed by atoms with Gasteiger partial charge in [0.2, 0.25) is 5.91 Å². The molecule has 1 rings (SSSR count). The lowest BCUT2D eigenvalue weighted by Gasteiger charge is -2.36. The lowest BCUT2D eigenvalue weighted by molar-refractivity contribution is -0.127. The summed E-state index contributed by atoms with van der Waals surface area (Å²) >= 11 is 0. The van der Waals surface area contributed by atoms with Crippen LogP contribution < -0.4 is 11.1 Å². The SMILES string of the molecule is CCC(CC(N)=NO)NC(=O)C1CCC(C(C)(C)C)CC1. The van der Waals surface area contributed by atoms with Crippen molar-refractivity contribution < 1.29 is 10.0 Å². The molecule has 1 amide bonds. The largest absolute Gasteiger partial charge is 0.409 e. The van der Waals surface area contributed by atoms with Crippen molar-refractivity contribution in [2.24, 2.45) is 28.1 Å². The standard InChI is InChI=1S/C16H31N3O2/c1-5-13(10-14(17)19-21)18-15(20)11-6-8-12(9-7-11)16(2,3)4/h11-13,21H,5-10H2,1-4H3,(H2,17,19)(H,18,20). The van der Waals surface area contributed by atoms with Gasteiger partial charge in [-0.15, -0.1) is 0 Å². The fourth-order valence-corrected chi connectivity index (χ4v) is 3.13. The van der Waals surface area contributed by atoms with Gasteiger partial charge in [0.1, 0.15) is 5.84 Å². The van der Waals surface area contributed by atoms with E-state index in [0.29, 0.717) is 17.8 Å². The highest BCUT2D eigenvalue weighted by Crippen LogP contribution is 2.39. The minimum Gasteiger partial charge on any atom is -0.409 e. The average molecular weight is 297 g/mol. The summed E-state index contributed by atoms with van der Waals surface area (Å²) in [6.45, 7) is 8.83. The second-order valence-corrected chi connectivity index (χ2v) is 7.32. The van der Waals surface area contributed by atoms with Crippen LogP contribution in [0.2, 0.25) is 0 Å². The number of amidine groups is 1. The predicted octanol–water partition coefficient (Wildman–Crippen LogP) is 2.87. The molecule has 0 aliphatic heterocycles. The molecular formula is C16H31N3O2. The zero-order chi connectivity index (χ0) is 16.0. The molecule has 1 unspecified atom stereocenters. The van der Waals surface area contributed by atoms with Crippen molar-refractivity contribution in [3.05, 3.63) is 0 Å². The molecule has 4 N–H and O–H groups in total. The molecule has 0 aromatic carbocycles. The highest BCUT2D eigenvalue weighted by molar-refractivity contribution is 5.82. The molecular weight excluding hydrogens is 266 g/mol. The van der Waals surface area contributed by atoms with Gasteiger partial charge in [0.15, 0.2) is 0 Å². The van der Waals surface area contributed by atoms with Crippen LogP contribution in [0, 0.1) is 17.3 Å². The Kier molecular flexibility index (Phi) is 6.49. The topological polar surface area (TPSA) is 87.7 Å². The Balaban J connectivity index is 2.46. The summed E-state index contributed by atoms with van der Waals surface area (Å²) in [5.41, 5.74) is 5.85. The molecule has 0 bridgehead atoms. The van der Waals surface area contributed by atoms with E-state index in [2.05, 4.69) is 31.2 Å². The van der Waals surface area contributed by atoms with Gasteiger partial charge in [-0.1, -0.05) is 32.9 Å². The van der Waals surface area contributed by atoms with Crippen LogP contribution in [0.5, 0.6) is 0 Å². The Bertz CT molecular complexity index is 366. The zero-order valence-corrected chi connectivity index (χ0v) is 13.9. The highest BCUT2D eigenvalue weighted by atomic mass is 16.4. The van der Waals surface area contributed by atoms with Crippen molar-refractivity contribution in [3.8, 4) is 0 Å². The maximum absolute atomic E-state index is 12.3. The summed E-state index contributed by atoms with van der Waals surface area (Å²) in [7, 11) is 0. The van der Waals surface area contributed by atoms with Crippen molar-refractivity contribution in [2.45, 2.75) is 72.3 Å². The highest BCUT2D eigenvalue weighted by Gasteiger charge is 2.32. The number of hydrogen-bond donors (Lipinski definition) is 3. The summed E-state index contributed by atoms with van der Waals surface area (Å²) in [6.07, 6.45) is 5.36. The van der Waals surface area contributed by atoms with Crippen LogP contribution >= 0.6 is 0 Å². The van der Waals surface area contributed by atoms with E-state index >= 15 is 0 Å². The Morgan fingerprint density at radius 1 is 1.33 bits per heavy atom. The molecule has 1 aliphatic carbocycles. The summed E-state index contributed by atoms with van der Waals surface area (Å²) < 4.78 is 0. The van der Waals surface area contributed by atoms with E-state index in [-0.39, 0.29) is 23.7 Å². The molecule has 5 nitrogen and oxygen atoms in total. The first-order chi connectivity index (χ1) is 9.77. The molecule has 0 heterocycles. The quantitative estimate of drug-likeness (QED) is 0.315. The minimum absolute atomic E-state index is 0.0475. The number of oxime groups is 1. The first-order valence-corrected chi connectivity index (χ1v) is 8.04. The van der Waals surface area contributed by atoms with Crippen LogP contribution in [0.3, 0.4) is 0 Å². The molecule has 1 fully saturated rings. The molecule has 0 saturated heterocycles. The molecule has 5 heteroatoms. The van der Waals surface area contributed by atoms with E-state index in [1.165, 1.54) is 0 Å². The van der Waals surface area contributed by atoms with Crippen molar-refractivity contribution >= 4 is 11.7 Å². The van der Waals surface area contributed by atoms with Crippen LogP contribution in [-0.2, 0) is 4.79 Å². The van der Waals surface area contributed by atoms with Gasteiger partial charge in [-0.05, 0) is 43.4 Å². The first-order valence-electron chi connectivity index (χ1n) is 8.04. The second kappa shape index (κ2) is 7.66. The number of rotatable bonds is 5. The number of carbonyl (C=O) groups excluding carboxylic acids is 1. The van der Waals surface area contributed by atoms with Crippen molar-refractivity contribution in [1.29, 1.82) is 0 Å². The normalized spacial score (nSPS) is 25.4. The maximum Gasteiger partial charge on any atom is 0.223 e. The van der Waals surface area contributed by atoms with Crippen molar-refractivity contribution in [2.75, 3.05) is 0 Å². The number of amides is 1. The second-order valence-electron chi connectivity index (χ2n) is 7.32. The lowest BCUT2D eigenvalue weighted by Crippen LogP contribution is -2.42. The van der Waals surface area contributed by atoms with Gasteiger partial charge in [-0.3, -0.25) is 4.79 Å². The van der Waals surface area contributed by atoms with Gasteiger partial charge >= 0.3 is 0 Å². The summed E-state index contributed by atoms with van der Waals surface area (Å²) in [4.78, 5) is 12.3. The Morgan fingerprint density at radius 2 is 1.90 bits per heavy atom. The summed E-state index contributed by atoms with van der Waals surface area (Å²) in [5, 5.41) is 14.6. The Morgan fingerprint density at radius 3 is 2.33 bits per heavy atom. The first kappa shape index (κ1) is 17.8. The maximum atomic E-state index is 12.3. The zero-order valence-electron chi connectivity index (χ0n) is 13.9. The van der Waals surface area contributed by atoms with E-state index in [0.717, 1.165) is 32.1 Å². The minimum atomic E-state index is -0.0475.